The number of likely N-dealkylation sites (tertiary alicyclic amines) is 1. The van der Waals surface area contributed by atoms with Crippen molar-refractivity contribution >= 4 is 5.91 Å². The first-order valence-electron chi connectivity index (χ1n) is 5.25. The van der Waals surface area contributed by atoms with E-state index in [9.17, 15) is 4.79 Å². The highest BCUT2D eigenvalue weighted by atomic mass is 16.3. The van der Waals surface area contributed by atoms with Crippen LogP contribution >= 0.6 is 0 Å². The van der Waals surface area contributed by atoms with Crippen molar-refractivity contribution in [2.45, 2.75) is 24.8 Å². The van der Waals surface area contributed by atoms with Gasteiger partial charge in [0.1, 0.15) is 0 Å². The first kappa shape index (κ1) is 9.93. The standard InChI is InChI=1S/C10H18N2O2/c1-12-6-8(4-9(12)14)5-11-10(7-13)2-3-10/h8,11,13H,2-7H2,1H3. The van der Waals surface area contributed by atoms with Crippen molar-refractivity contribution in [1.29, 1.82) is 0 Å². The fourth-order valence-electron chi connectivity index (χ4n) is 2.00. The molecule has 1 saturated heterocycles. The molecular weight excluding hydrogens is 180 g/mol. The number of nitrogens with one attached hydrogen (secondary N) is 1. The van der Waals surface area contributed by atoms with Gasteiger partial charge in [0, 0.05) is 32.1 Å². The van der Waals surface area contributed by atoms with Crippen LogP contribution in [0.1, 0.15) is 19.3 Å². The fourth-order valence-corrected chi connectivity index (χ4v) is 2.00. The molecule has 0 spiro atoms. The summed E-state index contributed by atoms with van der Waals surface area (Å²) in [5.74, 6) is 0.669. The number of nitrogens with zero attached hydrogens (tertiary/aromatic N) is 1. The molecule has 2 rings (SSSR count). The molecule has 1 unspecified atom stereocenters. The van der Waals surface area contributed by atoms with Gasteiger partial charge in [0.25, 0.3) is 0 Å². The lowest BCUT2D eigenvalue weighted by molar-refractivity contribution is -0.126. The molecule has 0 aromatic rings. The number of aliphatic hydroxyl groups is 1. The Kier molecular flexibility index (Phi) is 2.49. The van der Waals surface area contributed by atoms with Gasteiger partial charge < -0.3 is 15.3 Å². The highest BCUT2D eigenvalue weighted by molar-refractivity contribution is 5.78. The first-order chi connectivity index (χ1) is 6.65. The van der Waals surface area contributed by atoms with Crippen LogP contribution in [-0.4, -0.2) is 48.2 Å². The predicted molar refractivity (Wildman–Crippen MR) is 52.8 cm³/mol. The van der Waals surface area contributed by atoms with Gasteiger partial charge in [-0.25, -0.2) is 0 Å². The van der Waals surface area contributed by atoms with Crippen molar-refractivity contribution in [1.82, 2.24) is 10.2 Å². The minimum Gasteiger partial charge on any atom is -0.394 e. The van der Waals surface area contributed by atoms with E-state index in [1.54, 1.807) is 4.90 Å². The second-order valence-electron chi connectivity index (χ2n) is 4.66. The van der Waals surface area contributed by atoms with E-state index < -0.39 is 0 Å². The molecule has 4 heteroatoms. The lowest BCUT2D eigenvalue weighted by atomic mass is 10.1. The predicted octanol–water partition coefficient (Wildman–Crippen LogP) is -0.421. The quantitative estimate of drug-likeness (QED) is 0.645. The molecule has 80 valence electrons. The molecular formula is C10H18N2O2. The van der Waals surface area contributed by atoms with Crippen LogP contribution in [0.25, 0.3) is 0 Å². The van der Waals surface area contributed by atoms with Crippen molar-refractivity contribution in [3.8, 4) is 0 Å². The summed E-state index contributed by atoms with van der Waals surface area (Å²) in [5, 5.41) is 12.5. The van der Waals surface area contributed by atoms with Crippen LogP contribution in [0.5, 0.6) is 0 Å². The van der Waals surface area contributed by atoms with Gasteiger partial charge in [0.2, 0.25) is 5.91 Å². The van der Waals surface area contributed by atoms with Gasteiger partial charge >= 0.3 is 0 Å². The van der Waals surface area contributed by atoms with E-state index in [4.69, 9.17) is 5.11 Å². The van der Waals surface area contributed by atoms with Crippen LogP contribution in [-0.2, 0) is 4.79 Å². The molecule has 0 radical (unpaired) electrons. The molecule has 1 heterocycles. The highest BCUT2D eigenvalue weighted by Crippen LogP contribution is 2.34. The normalized spacial score (nSPS) is 29.7. The zero-order chi connectivity index (χ0) is 10.2. The Balaban J connectivity index is 1.74. The van der Waals surface area contributed by atoms with Crippen LogP contribution in [0.4, 0.5) is 0 Å². The Morgan fingerprint density at radius 1 is 1.64 bits per heavy atom. The van der Waals surface area contributed by atoms with E-state index in [0.29, 0.717) is 12.3 Å². The summed E-state index contributed by atoms with van der Waals surface area (Å²) < 4.78 is 0. The Morgan fingerprint density at radius 2 is 2.36 bits per heavy atom. The maximum atomic E-state index is 11.2. The summed E-state index contributed by atoms with van der Waals surface area (Å²) >= 11 is 0. The summed E-state index contributed by atoms with van der Waals surface area (Å²) in [6, 6.07) is 0. The van der Waals surface area contributed by atoms with Gasteiger partial charge in [0.05, 0.1) is 6.61 Å². The lowest BCUT2D eigenvalue weighted by Gasteiger charge is -2.17. The third kappa shape index (κ3) is 1.91. The van der Waals surface area contributed by atoms with E-state index in [0.717, 1.165) is 25.9 Å². The van der Waals surface area contributed by atoms with Crippen molar-refractivity contribution in [3.63, 3.8) is 0 Å². The maximum absolute atomic E-state index is 11.2. The van der Waals surface area contributed by atoms with Crippen LogP contribution in [0.15, 0.2) is 0 Å². The summed E-state index contributed by atoms with van der Waals surface area (Å²) in [4.78, 5) is 13.0. The summed E-state index contributed by atoms with van der Waals surface area (Å²) in [7, 11) is 1.85. The topological polar surface area (TPSA) is 52.6 Å². The van der Waals surface area contributed by atoms with E-state index in [1.807, 2.05) is 7.05 Å². The van der Waals surface area contributed by atoms with Crippen LogP contribution in [0, 0.1) is 5.92 Å². The van der Waals surface area contributed by atoms with Crippen molar-refractivity contribution in [2.75, 3.05) is 26.7 Å². The highest BCUT2D eigenvalue weighted by Gasteiger charge is 2.42. The number of rotatable bonds is 4. The Hall–Kier alpha value is -0.610. The molecule has 0 aromatic heterocycles. The van der Waals surface area contributed by atoms with Gasteiger partial charge in [-0.1, -0.05) is 0 Å². The number of carbonyl (C=O) groups is 1. The van der Waals surface area contributed by atoms with Crippen molar-refractivity contribution in [3.05, 3.63) is 0 Å². The largest absolute Gasteiger partial charge is 0.394 e. The van der Waals surface area contributed by atoms with Crippen LogP contribution < -0.4 is 5.32 Å². The molecule has 0 bridgehead atoms. The molecule has 1 aliphatic heterocycles. The summed E-state index contributed by atoms with van der Waals surface area (Å²) in [6.45, 7) is 1.94. The van der Waals surface area contributed by atoms with Crippen LogP contribution in [0.2, 0.25) is 0 Å². The van der Waals surface area contributed by atoms with E-state index in [-0.39, 0.29) is 18.1 Å². The summed E-state index contributed by atoms with van der Waals surface area (Å²) in [6.07, 6.45) is 2.80. The SMILES string of the molecule is CN1CC(CNC2(CO)CC2)CC1=O. The minimum atomic E-state index is 0.00418. The molecule has 1 atom stereocenters. The average Bonchev–Trinajstić information content (AvgIpc) is 2.88. The molecule has 2 N–H and O–H groups in total. The third-order valence-electron chi connectivity index (χ3n) is 3.34. The monoisotopic (exact) mass is 198 g/mol. The summed E-state index contributed by atoms with van der Waals surface area (Å²) in [5.41, 5.74) is 0.00418. The lowest BCUT2D eigenvalue weighted by Crippen LogP contribution is -2.38. The molecule has 1 aliphatic carbocycles. The van der Waals surface area contributed by atoms with Gasteiger partial charge in [0.15, 0.2) is 0 Å². The average molecular weight is 198 g/mol. The van der Waals surface area contributed by atoms with E-state index >= 15 is 0 Å². The third-order valence-corrected chi connectivity index (χ3v) is 3.34. The maximum Gasteiger partial charge on any atom is 0.222 e. The van der Waals surface area contributed by atoms with Gasteiger partial charge in [-0.2, -0.15) is 0 Å². The number of hydrogen-bond donors (Lipinski definition) is 2. The zero-order valence-electron chi connectivity index (χ0n) is 8.62. The Morgan fingerprint density at radius 3 is 2.79 bits per heavy atom. The Labute approximate surface area is 84.3 Å². The number of amides is 1. The number of hydrogen-bond acceptors (Lipinski definition) is 3. The van der Waals surface area contributed by atoms with Gasteiger partial charge in [-0.05, 0) is 18.8 Å². The second-order valence-corrected chi connectivity index (χ2v) is 4.66. The van der Waals surface area contributed by atoms with Crippen LogP contribution in [0.3, 0.4) is 0 Å². The molecule has 14 heavy (non-hydrogen) atoms. The van der Waals surface area contributed by atoms with Crippen molar-refractivity contribution < 1.29 is 9.90 Å². The number of aliphatic hydroxyl groups excluding tert-OH is 1. The fraction of sp³-hybridized carbons (Fsp3) is 0.900. The van der Waals surface area contributed by atoms with Gasteiger partial charge in [-0.15, -0.1) is 0 Å². The molecule has 2 aliphatic rings. The van der Waals surface area contributed by atoms with E-state index in [2.05, 4.69) is 5.32 Å². The second kappa shape index (κ2) is 3.51. The molecule has 1 saturated carbocycles. The molecule has 4 nitrogen and oxygen atoms in total. The molecule has 1 amide bonds. The van der Waals surface area contributed by atoms with Crippen molar-refractivity contribution in [2.24, 2.45) is 5.92 Å². The smallest absolute Gasteiger partial charge is 0.222 e. The number of carbonyl (C=O) groups excluding carboxylic acids is 1. The first-order valence-corrected chi connectivity index (χ1v) is 5.25. The molecule has 2 fully saturated rings. The molecule has 0 aromatic carbocycles. The zero-order valence-corrected chi connectivity index (χ0v) is 8.62. The minimum absolute atomic E-state index is 0.00418. The van der Waals surface area contributed by atoms with Gasteiger partial charge in [-0.3, -0.25) is 4.79 Å². The van der Waals surface area contributed by atoms with E-state index in [1.165, 1.54) is 0 Å². The Bertz CT molecular complexity index is 238.